The fourth-order valence-electron chi connectivity index (χ4n) is 2.52. The summed E-state index contributed by atoms with van der Waals surface area (Å²) in [5, 5.41) is 11.7. The molecular formula is C19H21N3O4. The first-order valence-corrected chi connectivity index (χ1v) is 8.26. The maximum Gasteiger partial charge on any atom is 0.323 e. The Morgan fingerprint density at radius 1 is 1.15 bits per heavy atom. The first-order valence-electron chi connectivity index (χ1n) is 8.26. The van der Waals surface area contributed by atoms with Crippen LogP contribution in [0.1, 0.15) is 22.8 Å². The SMILES string of the molecule is CCN(CC(=O)O)C(=O)C(Cc1ccccc1)NC(=O)c1cccnc1. The van der Waals surface area contributed by atoms with Crippen LogP contribution in [0.25, 0.3) is 0 Å². The summed E-state index contributed by atoms with van der Waals surface area (Å²) >= 11 is 0. The van der Waals surface area contributed by atoms with Crippen LogP contribution in [0, 0.1) is 0 Å². The van der Waals surface area contributed by atoms with Crippen molar-refractivity contribution in [3.05, 3.63) is 66.0 Å². The van der Waals surface area contributed by atoms with Crippen LogP contribution in [0.15, 0.2) is 54.9 Å². The lowest BCUT2D eigenvalue weighted by atomic mass is 10.0. The first-order chi connectivity index (χ1) is 12.5. The fraction of sp³-hybridized carbons (Fsp3) is 0.263. The number of amides is 2. The lowest BCUT2D eigenvalue weighted by molar-refractivity contribution is -0.145. The molecule has 1 unspecified atom stereocenters. The molecule has 0 aliphatic heterocycles. The number of rotatable bonds is 8. The third-order valence-electron chi connectivity index (χ3n) is 3.83. The van der Waals surface area contributed by atoms with Gasteiger partial charge in [0.25, 0.3) is 5.91 Å². The first kappa shape index (κ1) is 19.1. The molecule has 2 rings (SSSR count). The molecule has 0 radical (unpaired) electrons. The Balaban J connectivity index is 2.21. The molecule has 2 aromatic rings. The minimum absolute atomic E-state index is 0.235. The number of aliphatic carboxylic acids is 1. The summed E-state index contributed by atoms with van der Waals surface area (Å²) < 4.78 is 0. The molecule has 2 N–H and O–H groups in total. The molecule has 0 aliphatic rings. The van der Waals surface area contributed by atoms with E-state index in [2.05, 4.69) is 10.3 Å². The Hall–Kier alpha value is -3.22. The van der Waals surface area contributed by atoms with E-state index in [0.717, 1.165) is 5.56 Å². The van der Waals surface area contributed by atoms with E-state index < -0.39 is 30.4 Å². The van der Waals surface area contributed by atoms with Crippen molar-refractivity contribution in [1.29, 1.82) is 0 Å². The van der Waals surface area contributed by atoms with Gasteiger partial charge in [-0.1, -0.05) is 30.3 Å². The monoisotopic (exact) mass is 355 g/mol. The summed E-state index contributed by atoms with van der Waals surface area (Å²) in [6.45, 7) is 1.52. The normalized spacial score (nSPS) is 11.4. The second-order valence-corrected chi connectivity index (χ2v) is 5.70. The van der Waals surface area contributed by atoms with Gasteiger partial charge < -0.3 is 15.3 Å². The van der Waals surface area contributed by atoms with Gasteiger partial charge in [0.05, 0.1) is 5.56 Å². The summed E-state index contributed by atoms with van der Waals surface area (Å²) in [7, 11) is 0. The molecule has 7 heteroatoms. The molecule has 0 saturated heterocycles. The van der Waals surface area contributed by atoms with Gasteiger partial charge in [-0.25, -0.2) is 0 Å². The van der Waals surface area contributed by atoms with Gasteiger partial charge in [-0.2, -0.15) is 0 Å². The van der Waals surface area contributed by atoms with Crippen molar-refractivity contribution >= 4 is 17.8 Å². The largest absolute Gasteiger partial charge is 0.480 e. The maximum atomic E-state index is 12.8. The smallest absolute Gasteiger partial charge is 0.323 e. The highest BCUT2D eigenvalue weighted by molar-refractivity contribution is 5.97. The fourth-order valence-corrected chi connectivity index (χ4v) is 2.52. The van der Waals surface area contributed by atoms with Gasteiger partial charge in [0.1, 0.15) is 12.6 Å². The molecule has 0 saturated carbocycles. The van der Waals surface area contributed by atoms with E-state index in [1.807, 2.05) is 30.3 Å². The van der Waals surface area contributed by atoms with Crippen molar-refractivity contribution in [3.63, 3.8) is 0 Å². The molecule has 1 aromatic heterocycles. The van der Waals surface area contributed by atoms with Gasteiger partial charge >= 0.3 is 5.97 Å². The number of hydrogen-bond acceptors (Lipinski definition) is 4. The highest BCUT2D eigenvalue weighted by Gasteiger charge is 2.27. The van der Waals surface area contributed by atoms with Crippen molar-refractivity contribution in [2.75, 3.05) is 13.1 Å². The summed E-state index contributed by atoms with van der Waals surface area (Å²) in [6, 6.07) is 11.6. The molecule has 0 fully saturated rings. The van der Waals surface area contributed by atoms with Crippen LogP contribution in [0.2, 0.25) is 0 Å². The average Bonchev–Trinajstić information content (AvgIpc) is 2.66. The van der Waals surface area contributed by atoms with Gasteiger partial charge in [-0.3, -0.25) is 19.4 Å². The van der Waals surface area contributed by atoms with Crippen LogP contribution < -0.4 is 5.32 Å². The van der Waals surface area contributed by atoms with Crippen molar-refractivity contribution < 1.29 is 19.5 Å². The number of carboxylic acid groups (broad SMARTS) is 1. The molecular weight excluding hydrogens is 334 g/mol. The molecule has 1 heterocycles. The van der Waals surface area contributed by atoms with E-state index in [1.165, 1.54) is 11.1 Å². The van der Waals surface area contributed by atoms with Crippen LogP contribution in [-0.2, 0) is 16.0 Å². The molecule has 2 amide bonds. The van der Waals surface area contributed by atoms with Crippen LogP contribution in [0.4, 0.5) is 0 Å². The highest BCUT2D eigenvalue weighted by atomic mass is 16.4. The summed E-state index contributed by atoms with van der Waals surface area (Å²) in [5.41, 5.74) is 1.20. The number of carboxylic acids is 1. The van der Waals surface area contributed by atoms with Crippen LogP contribution in [0.3, 0.4) is 0 Å². The van der Waals surface area contributed by atoms with E-state index in [1.54, 1.807) is 25.3 Å². The topological polar surface area (TPSA) is 99.6 Å². The molecule has 136 valence electrons. The minimum Gasteiger partial charge on any atom is -0.480 e. The Kier molecular flexibility index (Phi) is 6.84. The number of nitrogens with one attached hydrogen (secondary N) is 1. The number of pyridine rings is 1. The average molecular weight is 355 g/mol. The Labute approximate surface area is 151 Å². The quantitative estimate of drug-likeness (QED) is 0.745. The molecule has 7 nitrogen and oxygen atoms in total. The predicted molar refractivity (Wildman–Crippen MR) is 95.5 cm³/mol. The number of hydrogen-bond donors (Lipinski definition) is 2. The number of carbonyl (C=O) groups is 3. The predicted octanol–water partition coefficient (Wildman–Crippen LogP) is 1.36. The third kappa shape index (κ3) is 5.41. The van der Waals surface area contributed by atoms with Crippen molar-refractivity contribution in [3.8, 4) is 0 Å². The molecule has 1 aromatic carbocycles. The highest BCUT2D eigenvalue weighted by Crippen LogP contribution is 2.08. The summed E-state index contributed by atoms with van der Waals surface area (Å²) in [6.07, 6.45) is 3.23. The number of nitrogens with zero attached hydrogens (tertiary/aromatic N) is 2. The Morgan fingerprint density at radius 3 is 2.46 bits per heavy atom. The maximum absolute atomic E-state index is 12.8. The van der Waals surface area contributed by atoms with Gasteiger partial charge in [-0.15, -0.1) is 0 Å². The Morgan fingerprint density at radius 2 is 1.88 bits per heavy atom. The number of benzene rings is 1. The van der Waals surface area contributed by atoms with E-state index >= 15 is 0 Å². The van der Waals surface area contributed by atoms with Crippen LogP contribution in [-0.4, -0.2) is 51.9 Å². The van der Waals surface area contributed by atoms with Gasteiger partial charge in [0.2, 0.25) is 5.91 Å². The zero-order chi connectivity index (χ0) is 18.9. The van der Waals surface area contributed by atoms with Crippen molar-refractivity contribution in [1.82, 2.24) is 15.2 Å². The van der Waals surface area contributed by atoms with E-state index in [4.69, 9.17) is 5.11 Å². The van der Waals surface area contributed by atoms with E-state index in [9.17, 15) is 14.4 Å². The van der Waals surface area contributed by atoms with E-state index in [0.29, 0.717) is 5.56 Å². The van der Waals surface area contributed by atoms with Crippen LogP contribution >= 0.6 is 0 Å². The third-order valence-corrected chi connectivity index (χ3v) is 3.83. The standard InChI is InChI=1S/C19H21N3O4/c1-2-22(13-17(23)24)19(26)16(11-14-7-4-3-5-8-14)21-18(25)15-9-6-10-20-12-15/h3-10,12,16H,2,11,13H2,1H3,(H,21,25)(H,23,24). The zero-order valence-electron chi connectivity index (χ0n) is 14.5. The minimum atomic E-state index is -1.10. The van der Waals surface area contributed by atoms with E-state index in [-0.39, 0.29) is 13.0 Å². The number of likely N-dealkylation sites (N-methyl/N-ethyl adjacent to an activating group) is 1. The van der Waals surface area contributed by atoms with Gasteiger partial charge in [-0.05, 0) is 24.6 Å². The van der Waals surface area contributed by atoms with Crippen molar-refractivity contribution in [2.45, 2.75) is 19.4 Å². The Bertz CT molecular complexity index is 750. The number of aromatic nitrogens is 1. The molecule has 0 spiro atoms. The zero-order valence-corrected chi connectivity index (χ0v) is 14.5. The van der Waals surface area contributed by atoms with Gasteiger partial charge in [0.15, 0.2) is 0 Å². The lowest BCUT2D eigenvalue weighted by Gasteiger charge is -2.26. The molecule has 0 bridgehead atoms. The lowest BCUT2D eigenvalue weighted by Crippen LogP contribution is -2.51. The van der Waals surface area contributed by atoms with Crippen LogP contribution in [0.5, 0.6) is 0 Å². The van der Waals surface area contributed by atoms with Crippen molar-refractivity contribution in [2.24, 2.45) is 0 Å². The summed E-state index contributed by atoms with van der Waals surface area (Å²) in [4.78, 5) is 41.4. The summed E-state index contributed by atoms with van der Waals surface area (Å²) in [5.74, 6) is -1.97. The molecule has 0 aliphatic carbocycles. The second-order valence-electron chi connectivity index (χ2n) is 5.70. The second kappa shape index (κ2) is 9.31. The molecule has 1 atom stereocenters. The molecule has 26 heavy (non-hydrogen) atoms. The van der Waals surface area contributed by atoms with Gasteiger partial charge in [0, 0.05) is 25.4 Å². The number of carbonyl (C=O) groups excluding carboxylic acids is 2.